The highest BCUT2D eigenvalue weighted by molar-refractivity contribution is 5.93. The molecule has 0 bridgehead atoms. The van der Waals surface area contributed by atoms with Gasteiger partial charge in [-0.25, -0.2) is 9.18 Å². The van der Waals surface area contributed by atoms with Gasteiger partial charge in [0.05, 0.1) is 0 Å². The Hall–Kier alpha value is -2.11. The quantitative estimate of drug-likeness (QED) is 0.809. The smallest absolute Gasteiger partial charge is 0.323 e. The van der Waals surface area contributed by atoms with E-state index < -0.39 is 24.4 Å². The van der Waals surface area contributed by atoms with Crippen LogP contribution in [-0.4, -0.2) is 30.7 Å². The van der Waals surface area contributed by atoms with Crippen LogP contribution in [-0.2, 0) is 4.79 Å². The summed E-state index contributed by atoms with van der Waals surface area (Å²) >= 11 is 0. The number of nitrogens with one attached hydrogen (secondary N) is 1. The molecule has 86 valence electrons. The topological polar surface area (TPSA) is 69.6 Å². The van der Waals surface area contributed by atoms with Gasteiger partial charge >= 0.3 is 12.0 Å². The maximum Gasteiger partial charge on any atom is 0.323 e. The number of urea groups is 1. The van der Waals surface area contributed by atoms with Gasteiger partial charge in [-0.15, -0.1) is 0 Å². The van der Waals surface area contributed by atoms with Crippen molar-refractivity contribution in [3.63, 3.8) is 0 Å². The van der Waals surface area contributed by atoms with Crippen LogP contribution in [0.1, 0.15) is 0 Å². The van der Waals surface area contributed by atoms with Crippen LogP contribution in [0.3, 0.4) is 0 Å². The summed E-state index contributed by atoms with van der Waals surface area (Å²) in [6.07, 6.45) is 0. The second kappa shape index (κ2) is 5.11. The number of hydrogen-bond acceptors (Lipinski definition) is 2. The lowest BCUT2D eigenvalue weighted by molar-refractivity contribution is -0.135. The van der Waals surface area contributed by atoms with Crippen LogP contribution in [0, 0.1) is 5.82 Å². The van der Waals surface area contributed by atoms with Gasteiger partial charge in [0.25, 0.3) is 0 Å². The van der Waals surface area contributed by atoms with Crippen molar-refractivity contribution in [1.29, 1.82) is 0 Å². The lowest BCUT2D eigenvalue weighted by Gasteiger charge is -2.17. The molecule has 0 unspecified atom stereocenters. The molecule has 1 aromatic carbocycles. The average molecular weight is 226 g/mol. The molecule has 2 amide bonds. The molecule has 5 nitrogen and oxygen atoms in total. The van der Waals surface area contributed by atoms with Crippen LogP contribution >= 0.6 is 0 Å². The van der Waals surface area contributed by atoms with E-state index >= 15 is 0 Å². The van der Waals surface area contributed by atoms with Crippen molar-refractivity contribution in [3.05, 3.63) is 30.1 Å². The van der Waals surface area contributed by atoms with Crippen molar-refractivity contribution >= 4 is 17.7 Å². The molecular formula is C10H11FN2O3. The summed E-state index contributed by atoms with van der Waals surface area (Å²) in [6.45, 7) is -0.454. The number of carbonyl (C=O) groups is 2. The maximum atomic E-state index is 12.6. The van der Waals surface area contributed by atoms with Gasteiger partial charge in [-0.2, -0.15) is 0 Å². The van der Waals surface area contributed by atoms with Gasteiger partial charge in [-0.3, -0.25) is 9.69 Å². The summed E-state index contributed by atoms with van der Waals surface area (Å²) in [5.41, 5.74) is 0.476. The molecule has 0 heterocycles. The van der Waals surface area contributed by atoms with Crippen molar-refractivity contribution in [2.75, 3.05) is 18.5 Å². The molecule has 1 rings (SSSR count). The Labute approximate surface area is 91.5 Å². The number of halogens is 1. The summed E-state index contributed by atoms with van der Waals surface area (Å²) in [7, 11) is 1.46. The van der Waals surface area contributed by atoms with E-state index in [1.807, 2.05) is 0 Å². The number of carboxylic acids is 1. The first-order chi connectivity index (χ1) is 7.50. The van der Waals surface area contributed by atoms with Gasteiger partial charge in [0.2, 0.25) is 0 Å². The Morgan fingerprint density at radius 2 is 1.94 bits per heavy atom. The number of hydrogen-bond donors (Lipinski definition) is 2. The molecule has 0 aliphatic carbocycles. The fourth-order valence-electron chi connectivity index (χ4n) is 1.05. The third-order valence-corrected chi connectivity index (χ3v) is 1.91. The van der Waals surface area contributed by atoms with Crippen molar-refractivity contribution in [2.24, 2.45) is 0 Å². The second-order valence-corrected chi connectivity index (χ2v) is 3.09. The number of nitrogens with zero attached hydrogens (tertiary/aromatic N) is 1. The van der Waals surface area contributed by atoms with Gasteiger partial charge in [0, 0.05) is 12.7 Å². The predicted molar refractivity (Wildman–Crippen MR) is 55.8 cm³/mol. The van der Waals surface area contributed by atoms with Gasteiger partial charge < -0.3 is 10.4 Å². The molecular weight excluding hydrogens is 215 g/mol. The van der Waals surface area contributed by atoms with Crippen LogP contribution in [0.4, 0.5) is 14.9 Å². The van der Waals surface area contributed by atoms with E-state index in [4.69, 9.17) is 5.11 Å². The second-order valence-electron chi connectivity index (χ2n) is 3.09. The number of aliphatic carboxylic acids is 1. The van der Waals surface area contributed by atoms with Crippen LogP contribution in [0.25, 0.3) is 0 Å². The van der Waals surface area contributed by atoms with Crippen LogP contribution in [0.2, 0.25) is 0 Å². The molecule has 0 radical (unpaired) electrons. The van der Waals surface area contributed by atoms with Crippen LogP contribution < -0.4 is 10.2 Å². The van der Waals surface area contributed by atoms with E-state index in [2.05, 4.69) is 5.32 Å². The van der Waals surface area contributed by atoms with E-state index in [9.17, 15) is 14.0 Å². The molecule has 0 saturated heterocycles. The summed E-state index contributed by atoms with van der Waals surface area (Å²) < 4.78 is 12.6. The lowest BCUT2D eigenvalue weighted by atomic mass is 10.3. The molecule has 0 aromatic heterocycles. The lowest BCUT2D eigenvalue weighted by Crippen LogP contribution is -2.39. The number of carbonyl (C=O) groups excluding carboxylic acids is 1. The van der Waals surface area contributed by atoms with Gasteiger partial charge in [-0.05, 0) is 24.3 Å². The van der Waals surface area contributed by atoms with Crippen molar-refractivity contribution < 1.29 is 19.1 Å². The fraction of sp³-hybridized carbons (Fsp3) is 0.200. The monoisotopic (exact) mass is 226 g/mol. The fourth-order valence-corrected chi connectivity index (χ4v) is 1.05. The Bertz CT molecular complexity index is 392. The molecule has 0 aliphatic heterocycles. The highest BCUT2D eigenvalue weighted by atomic mass is 19.1. The van der Waals surface area contributed by atoms with Crippen LogP contribution in [0.15, 0.2) is 24.3 Å². The number of anilines is 1. The third kappa shape index (κ3) is 3.23. The standard InChI is InChI=1S/C10H11FN2O3/c1-13(10(16)12-6-9(14)15)8-4-2-7(11)3-5-8/h2-5H,6H2,1H3,(H,12,16)(H,14,15). The number of carboxylic acid groups (broad SMARTS) is 1. The minimum Gasteiger partial charge on any atom is -0.480 e. The zero-order chi connectivity index (χ0) is 12.1. The molecule has 0 saturated carbocycles. The Balaban J connectivity index is 2.63. The molecule has 0 aliphatic rings. The van der Waals surface area contributed by atoms with Crippen molar-refractivity contribution in [2.45, 2.75) is 0 Å². The molecule has 6 heteroatoms. The summed E-state index contributed by atoms with van der Waals surface area (Å²) in [5.74, 6) is -1.52. The van der Waals surface area contributed by atoms with Crippen molar-refractivity contribution in [1.82, 2.24) is 5.32 Å². The van der Waals surface area contributed by atoms with Gasteiger partial charge in [0.15, 0.2) is 0 Å². The molecule has 0 fully saturated rings. The van der Waals surface area contributed by atoms with Crippen LogP contribution in [0.5, 0.6) is 0 Å². The molecule has 16 heavy (non-hydrogen) atoms. The van der Waals surface area contributed by atoms with E-state index in [0.717, 1.165) is 0 Å². The van der Waals surface area contributed by atoms with Gasteiger partial charge in [-0.1, -0.05) is 0 Å². The first-order valence-corrected chi connectivity index (χ1v) is 4.49. The SMILES string of the molecule is CN(C(=O)NCC(=O)O)c1ccc(F)cc1. The molecule has 2 N–H and O–H groups in total. The van der Waals surface area contributed by atoms with E-state index in [-0.39, 0.29) is 0 Å². The minimum atomic E-state index is -1.12. The van der Waals surface area contributed by atoms with E-state index in [0.29, 0.717) is 5.69 Å². The molecule has 0 atom stereocenters. The largest absolute Gasteiger partial charge is 0.480 e. The summed E-state index contributed by atoms with van der Waals surface area (Å²) in [6, 6.07) is 4.73. The highest BCUT2D eigenvalue weighted by Gasteiger charge is 2.11. The normalized spacial score (nSPS) is 9.62. The zero-order valence-corrected chi connectivity index (χ0v) is 8.61. The summed E-state index contributed by atoms with van der Waals surface area (Å²) in [4.78, 5) is 22.8. The predicted octanol–water partition coefficient (Wildman–Crippen LogP) is 1.06. The number of benzene rings is 1. The van der Waals surface area contributed by atoms with Crippen molar-refractivity contribution in [3.8, 4) is 0 Å². The Morgan fingerprint density at radius 3 is 2.44 bits per heavy atom. The van der Waals surface area contributed by atoms with E-state index in [1.54, 1.807) is 0 Å². The Kier molecular flexibility index (Phi) is 3.82. The number of rotatable bonds is 3. The average Bonchev–Trinajstić information content (AvgIpc) is 2.26. The van der Waals surface area contributed by atoms with Gasteiger partial charge in [0.1, 0.15) is 12.4 Å². The summed E-state index contributed by atoms with van der Waals surface area (Å²) in [5, 5.41) is 10.6. The first-order valence-electron chi connectivity index (χ1n) is 4.49. The Morgan fingerprint density at radius 1 is 1.38 bits per heavy atom. The minimum absolute atomic E-state index is 0.400. The maximum absolute atomic E-state index is 12.6. The number of amides is 2. The molecule has 1 aromatic rings. The first kappa shape index (κ1) is 12.0. The van der Waals surface area contributed by atoms with E-state index in [1.165, 1.54) is 36.2 Å². The zero-order valence-electron chi connectivity index (χ0n) is 8.61. The highest BCUT2D eigenvalue weighted by Crippen LogP contribution is 2.12. The molecule has 0 spiro atoms. The third-order valence-electron chi connectivity index (χ3n) is 1.91.